The molecule has 0 radical (unpaired) electrons. The van der Waals surface area contributed by atoms with E-state index < -0.39 is 10.0 Å². The second kappa shape index (κ2) is 11.1. The van der Waals surface area contributed by atoms with E-state index in [0.29, 0.717) is 23.1 Å². The number of rotatable bonds is 10. The van der Waals surface area contributed by atoms with Gasteiger partial charge in [0, 0.05) is 17.1 Å². The predicted molar refractivity (Wildman–Crippen MR) is 133 cm³/mol. The van der Waals surface area contributed by atoms with Crippen LogP contribution in [0.2, 0.25) is 5.02 Å². The largest absolute Gasteiger partial charge is 0.493 e. The zero-order chi connectivity index (χ0) is 23.1. The average Bonchev–Trinajstić information content (AvgIpc) is 3.35. The van der Waals surface area contributed by atoms with Gasteiger partial charge in [-0.15, -0.1) is 0 Å². The molecule has 3 aromatic carbocycles. The minimum absolute atomic E-state index is 0.164. The molecule has 1 aliphatic rings. The first-order chi connectivity index (χ1) is 16.0. The molecule has 0 atom stereocenters. The van der Waals surface area contributed by atoms with Gasteiger partial charge < -0.3 is 9.64 Å². The fraction of sp³-hybridized carbons (Fsp3) is 0.308. The van der Waals surface area contributed by atoms with Crippen LogP contribution in [0.4, 0.5) is 5.69 Å². The Hall–Kier alpha value is -2.54. The van der Waals surface area contributed by atoms with E-state index in [9.17, 15) is 8.42 Å². The minimum atomic E-state index is -3.81. The maximum atomic E-state index is 13.6. The van der Waals surface area contributed by atoms with Crippen LogP contribution in [0, 0.1) is 0 Å². The van der Waals surface area contributed by atoms with Crippen LogP contribution in [0.25, 0.3) is 0 Å². The second-order valence-corrected chi connectivity index (χ2v) is 10.5. The fourth-order valence-corrected chi connectivity index (χ4v) is 5.62. The van der Waals surface area contributed by atoms with Gasteiger partial charge >= 0.3 is 0 Å². The summed E-state index contributed by atoms with van der Waals surface area (Å²) in [6, 6.07) is 23.0. The van der Waals surface area contributed by atoms with E-state index in [4.69, 9.17) is 16.3 Å². The Balaban J connectivity index is 1.55. The van der Waals surface area contributed by atoms with Crippen molar-refractivity contribution in [2.75, 3.05) is 30.5 Å². The Morgan fingerprint density at radius 1 is 0.879 bits per heavy atom. The van der Waals surface area contributed by atoms with Crippen LogP contribution >= 0.6 is 11.6 Å². The predicted octanol–water partition coefficient (Wildman–Crippen LogP) is 5.60. The molecule has 1 heterocycles. The van der Waals surface area contributed by atoms with Crippen molar-refractivity contribution in [3.63, 3.8) is 0 Å². The Labute approximate surface area is 201 Å². The van der Waals surface area contributed by atoms with E-state index in [0.717, 1.165) is 18.5 Å². The lowest BCUT2D eigenvalue weighted by molar-refractivity contribution is 0.262. The molecule has 1 saturated heterocycles. The van der Waals surface area contributed by atoms with E-state index in [-0.39, 0.29) is 11.4 Å². The third kappa shape index (κ3) is 6.08. The Kier molecular flexibility index (Phi) is 7.91. The molecule has 0 aliphatic carbocycles. The summed E-state index contributed by atoms with van der Waals surface area (Å²) in [4.78, 5) is 2.66. The van der Waals surface area contributed by atoms with Crippen molar-refractivity contribution < 1.29 is 13.2 Å². The van der Waals surface area contributed by atoms with Gasteiger partial charge in [0.2, 0.25) is 0 Å². The molecule has 0 bridgehead atoms. The first-order valence-electron chi connectivity index (χ1n) is 11.3. The molecule has 33 heavy (non-hydrogen) atoms. The number of hydrogen-bond donors (Lipinski definition) is 0. The monoisotopic (exact) mass is 484 g/mol. The quantitative estimate of drug-likeness (QED) is 0.351. The highest BCUT2D eigenvalue weighted by Crippen LogP contribution is 2.29. The van der Waals surface area contributed by atoms with Gasteiger partial charge in [0.05, 0.1) is 23.7 Å². The first-order valence-corrected chi connectivity index (χ1v) is 13.1. The Morgan fingerprint density at radius 3 is 2.27 bits per heavy atom. The van der Waals surface area contributed by atoms with E-state index in [2.05, 4.69) is 4.90 Å². The van der Waals surface area contributed by atoms with Gasteiger partial charge in [0.15, 0.2) is 0 Å². The van der Waals surface area contributed by atoms with Crippen molar-refractivity contribution in [1.82, 2.24) is 4.90 Å². The molecule has 0 aromatic heterocycles. The SMILES string of the molecule is O=S(=O)(c1ccc(Cl)cc1)N(Cc1ccccc1OCCCN1CCCC1)c1ccccc1. The first kappa shape index (κ1) is 23.6. The number of likely N-dealkylation sites (tertiary alicyclic amines) is 1. The van der Waals surface area contributed by atoms with Crippen molar-refractivity contribution in [3.8, 4) is 5.75 Å². The second-order valence-electron chi connectivity index (χ2n) is 8.16. The molecule has 0 amide bonds. The maximum Gasteiger partial charge on any atom is 0.264 e. The number of anilines is 1. The Morgan fingerprint density at radius 2 is 1.55 bits per heavy atom. The van der Waals surface area contributed by atoms with Crippen LogP contribution in [-0.4, -0.2) is 39.6 Å². The summed E-state index contributed by atoms with van der Waals surface area (Å²) >= 11 is 5.98. The normalized spacial score (nSPS) is 14.3. The molecule has 1 aliphatic heterocycles. The summed E-state index contributed by atoms with van der Waals surface area (Å²) in [6.45, 7) is 4.14. The fourth-order valence-electron chi connectivity index (χ4n) is 4.05. The smallest absolute Gasteiger partial charge is 0.264 e. The third-order valence-electron chi connectivity index (χ3n) is 5.81. The molecule has 7 heteroatoms. The minimum Gasteiger partial charge on any atom is -0.493 e. The third-order valence-corrected chi connectivity index (χ3v) is 7.85. The summed E-state index contributed by atoms with van der Waals surface area (Å²) in [5, 5.41) is 0.493. The molecule has 0 spiro atoms. The van der Waals surface area contributed by atoms with Gasteiger partial charge in [-0.05, 0) is 74.8 Å². The summed E-state index contributed by atoms with van der Waals surface area (Å²) < 4.78 is 34.7. The molecule has 174 valence electrons. The molecule has 1 fully saturated rings. The molecule has 0 N–H and O–H groups in total. The van der Waals surface area contributed by atoms with Gasteiger partial charge in [0.1, 0.15) is 5.75 Å². The van der Waals surface area contributed by atoms with Crippen molar-refractivity contribution >= 4 is 27.3 Å². The van der Waals surface area contributed by atoms with Gasteiger partial charge in [0.25, 0.3) is 10.0 Å². The highest BCUT2D eigenvalue weighted by Gasteiger charge is 2.26. The number of nitrogens with zero attached hydrogens (tertiary/aromatic N) is 2. The summed E-state index contributed by atoms with van der Waals surface area (Å²) in [5.74, 6) is 0.714. The maximum absolute atomic E-state index is 13.6. The van der Waals surface area contributed by atoms with Gasteiger partial charge in [-0.25, -0.2) is 8.42 Å². The van der Waals surface area contributed by atoms with Crippen LogP contribution in [0.5, 0.6) is 5.75 Å². The summed E-state index contributed by atoms with van der Waals surface area (Å²) in [6.07, 6.45) is 3.50. The van der Waals surface area contributed by atoms with Crippen molar-refractivity contribution in [1.29, 1.82) is 0 Å². The van der Waals surface area contributed by atoms with E-state index in [1.807, 2.05) is 42.5 Å². The lowest BCUT2D eigenvalue weighted by Crippen LogP contribution is -2.30. The number of hydrogen-bond acceptors (Lipinski definition) is 4. The van der Waals surface area contributed by atoms with Gasteiger partial charge in [-0.2, -0.15) is 0 Å². The molecule has 0 saturated carbocycles. The number of ether oxygens (including phenoxy) is 1. The zero-order valence-electron chi connectivity index (χ0n) is 18.6. The molecule has 4 rings (SSSR count). The van der Waals surface area contributed by atoms with Crippen LogP contribution in [0.3, 0.4) is 0 Å². The highest BCUT2D eigenvalue weighted by molar-refractivity contribution is 7.92. The van der Waals surface area contributed by atoms with Gasteiger partial charge in [-0.1, -0.05) is 48.0 Å². The summed E-state index contributed by atoms with van der Waals surface area (Å²) in [5.41, 5.74) is 1.41. The number of para-hydroxylation sites is 2. The van der Waals surface area contributed by atoms with Crippen LogP contribution in [-0.2, 0) is 16.6 Å². The highest BCUT2D eigenvalue weighted by atomic mass is 35.5. The lowest BCUT2D eigenvalue weighted by atomic mass is 10.2. The Bertz CT molecular complexity index is 1130. The van der Waals surface area contributed by atoms with Gasteiger partial charge in [-0.3, -0.25) is 4.31 Å². The molecule has 0 unspecified atom stereocenters. The number of benzene rings is 3. The van der Waals surface area contributed by atoms with E-state index in [1.54, 1.807) is 24.3 Å². The van der Waals surface area contributed by atoms with Crippen molar-refractivity contribution in [2.24, 2.45) is 0 Å². The van der Waals surface area contributed by atoms with Crippen molar-refractivity contribution in [2.45, 2.75) is 30.7 Å². The summed E-state index contributed by atoms with van der Waals surface area (Å²) in [7, 11) is -3.81. The molecular formula is C26H29ClN2O3S. The standard InChI is InChI=1S/C26H29ClN2O3S/c27-23-13-15-25(16-14-23)33(30,31)29(24-10-2-1-3-11-24)21-22-9-4-5-12-26(22)32-20-8-19-28-17-6-7-18-28/h1-5,9-16H,6-8,17-21H2. The van der Waals surface area contributed by atoms with Crippen LogP contribution < -0.4 is 9.04 Å². The number of halogens is 1. The topological polar surface area (TPSA) is 49.9 Å². The molecular weight excluding hydrogens is 456 g/mol. The van der Waals surface area contributed by atoms with Crippen molar-refractivity contribution in [3.05, 3.63) is 89.4 Å². The number of sulfonamides is 1. The van der Waals surface area contributed by atoms with E-state index in [1.165, 1.54) is 42.4 Å². The van der Waals surface area contributed by atoms with Crippen LogP contribution in [0.1, 0.15) is 24.8 Å². The van der Waals surface area contributed by atoms with Crippen LogP contribution in [0.15, 0.2) is 83.8 Å². The zero-order valence-corrected chi connectivity index (χ0v) is 20.1. The van der Waals surface area contributed by atoms with E-state index >= 15 is 0 Å². The lowest BCUT2D eigenvalue weighted by Gasteiger charge is -2.26. The molecule has 3 aromatic rings. The molecule has 5 nitrogen and oxygen atoms in total. The average molecular weight is 485 g/mol.